The number of rotatable bonds is 2. The Kier molecular flexibility index (Phi) is 2.25. The second-order valence-electron chi connectivity index (χ2n) is 3.83. The molecule has 1 heterocycles. The molecule has 1 aliphatic rings. The summed E-state index contributed by atoms with van der Waals surface area (Å²) >= 11 is 1.25. The van der Waals surface area contributed by atoms with E-state index in [1.54, 1.807) is 12.1 Å². The average Bonchev–Trinajstić information content (AvgIpc) is 2.60. The monoisotopic (exact) mass is 222 g/mol. The molecule has 4 nitrogen and oxygen atoms in total. The molecule has 0 saturated heterocycles. The number of carbonyl (C=O) groups is 1. The van der Waals surface area contributed by atoms with Gasteiger partial charge < -0.3 is 10.8 Å². The lowest BCUT2D eigenvalue weighted by atomic mass is 9.65. The first kappa shape index (κ1) is 10.1. The van der Waals surface area contributed by atoms with Gasteiger partial charge in [-0.25, -0.2) is 0 Å². The maximum atomic E-state index is 11.2. The van der Waals surface area contributed by atoms with Crippen LogP contribution in [0.3, 0.4) is 0 Å². The van der Waals surface area contributed by atoms with Gasteiger partial charge in [0, 0.05) is 10.9 Å². The largest absolute Gasteiger partial charge is 0.481 e. The molecule has 5 heteroatoms. The molecule has 1 aromatic rings. The van der Waals surface area contributed by atoms with Crippen LogP contribution in [0.2, 0.25) is 0 Å². The summed E-state index contributed by atoms with van der Waals surface area (Å²) < 4.78 is 0. The van der Waals surface area contributed by atoms with E-state index in [1.165, 1.54) is 11.3 Å². The summed E-state index contributed by atoms with van der Waals surface area (Å²) in [5.74, 6) is -0.837. The molecule has 0 unspecified atom stereocenters. The normalized spacial score (nSPS) is 29.2. The van der Waals surface area contributed by atoms with Crippen molar-refractivity contribution in [2.45, 2.75) is 24.3 Å². The highest BCUT2D eigenvalue weighted by atomic mass is 32.1. The Morgan fingerprint density at radius 1 is 1.67 bits per heavy atom. The van der Waals surface area contributed by atoms with Crippen molar-refractivity contribution >= 4 is 17.3 Å². The first-order valence-corrected chi connectivity index (χ1v) is 5.39. The molecule has 0 aromatic carbocycles. The van der Waals surface area contributed by atoms with Crippen molar-refractivity contribution in [3.8, 4) is 6.07 Å². The van der Waals surface area contributed by atoms with Crippen LogP contribution < -0.4 is 5.73 Å². The summed E-state index contributed by atoms with van der Waals surface area (Å²) in [5.41, 5.74) is 4.81. The second-order valence-corrected chi connectivity index (χ2v) is 4.92. The minimum absolute atomic E-state index is 0.0336. The van der Waals surface area contributed by atoms with Crippen LogP contribution in [0.5, 0.6) is 0 Å². The van der Waals surface area contributed by atoms with E-state index in [0.29, 0.717) is 17.7 Å². The summed E-state index contributed by atoms with van der Waals surface area (Å²) in [7, 11) is 0. The van der Waals surface area contributed by atoms with Gasteiger partial charge in [-0.05, 0) is 25.0 Å². The van der Waals surface area contributed by atoms with Crippen molar-refractivity contribution < 1.29 is 9.90 Å². The molecule has 0 atom stereocenters. The van der Waals surface area contributed by atoms with E-state index in [4.69, 9.17) is 11.0 Å². The molecule has 0 amide bonds. The van der Waals surface area contributed by atoms with Crippen LogP contribution in [0.1, 0.15) is 22.6 Å². The van der Waals surface area contributed by atoms with Crippen molar-refractivity contribution in [1.82, 2.24) is 0 Å². The van der Waals surface area contributed by atoms with Crippen molar-refractivity contribution in [2.24, 2.45) is 5.73 Å². The van der Waals surface area contributed by atoms with Crippen molar-refractivity contribution in [2.75, 3.05) is 0 Å². The van der Waals surface area contributed by atoms with Crippen LogP contribution in [-0.2, 0) is 10.2 Å². The predicted molar refractivity (Wildman–Crippen MR) is 55.6 cm³/mol. The molecule has 1 aliphatic carbocycles. The zero-order chi connectivity index (χ0) is 11.1. The van der Waals surface area contributed by atoms with Gasteiger partial charge in [-0.1, -0.05) is 0 Å². The molecule has 1 aromatic heterocycles. The van der Waals surface area contributed by atoms with Crippen LogP contribution >= 0.6 is 11.3 Å². The fourth-order valence-electron chi connectivity index (χ4n) is 1.97. The second kappa shape index (κ2) is 3.33. The minimum Gasteiger partial charge on any atom is -0.481 e. The van der Waals surface area contributed by atoms with Crippen LogP contribution in [0.25, 0.3) is 0 Å². The number of nitrogens with two attached hydrogens (primary N) is 1. The first-order valence-electron chi connectivity index (χ1n) is 4.58. The lowest BCUT2D eigenvalue weighted by Gasteiger charge is -2.41. The van der Waals surface area contributed by atoms with Crippen molar-refractivity contribution in [3.05, 3.63) is 21.9 Å². The molecular weight excluding hydrogens is 212 g/mol. The van der Waals surface area contributed by atoms with Gasteiger partial charge in [0.2, 0.25) is 0 Å². The third-order valence-corrected chi connectivity index (χ3v) is 4.01. The van der Waals surface area contributed by atoms with Gasteiger partial charge in [0.15, 0.2) is 0 Å². The molecule has 0 aliphatic heterocycles. The number of nitrogens with zero attached hydrogens (tertiary/aromatic N) is 1. The molecule has 0 spiro atoms. The zero-order valence-corrected chi connectivity index (χ0v) is 8.75. The number of carboxylic acid groups (broad SMARTS) is 1. The molecule has 1 saturated carbocycles. The van der Waals surface area contributed by atoms with Crippen LogP contribution in [0.4, 0.5) is 0 Å². The smallest absolute Gasteiger partial charge is 0.315 e. The number of aliphatic carboxylic acids is 1. The quantitative estimate of drug-likeness (QED) is 0.783. The number of hydrogen-bond donors (Lipinski definition) is 2. The fraction of sp³-hybridized carbons (Fsp3) is 0.400. The molecule has 15 heavy (non-hydrogen) atoms. The maximum Gasteiger partial charge on any atom is 0.315 e. The van der Waals surface area contributed by atoms with Gasteiger partial charge in [-0.15, -0.1) is 11.3 Å². The Bertz CT molecular complexity index is 441. The third-order valence-electron chi connectivity index (χ3n) is 2.82. The van der Waals surface area contributed by atoms with Crippen LogP contribution in [0.15, 0.2) is 12.1 Å². The van der Waals surface area contributed by atoms with Gasteiger partial charge in [0.05, 0.1) is 0 Å². The lowest BCUT2D eigenvalue weighted by molar-refractivity contribution is -0.148. The Labute approximate surface area is 90.9 Å². The van der Waals surface area contributed by atoms with Gasteiger partial charge in [0.25, 0.3) is 0 Å². The summed E-state index contributed by atoms with van der Waals surface area (Å²) in [6.45, 7) is 0. The molecule has 2 rings (SSSR count). The standard InChI is InChI=1S/C10H10N2O2S/c11-5-7-1-2-8(15-7)10(9(13)14)3-6(12)4-10/h1-2,6H,3-4,12H2,(H,13,14). The van der Waals surface area contributed by atoms with E-state index in [2.05, 4.69) is 0 Å². The van der Waals surface area contributed by atoms with E-state index in [-0.39, 0.29) is 6.04 Å². The van der Waals surface area contributed by atoms with Crippen LogP contribution in [-0.4, -0.2) is 17.1 Å². The van der Waals surface area contributed by atoms with Gasteiger partial charge >= 0.3 is 5.97 Å². The molecule has 0 radical (unpaired) electrons. The third kappa shape index (κ3) is 1.42. The number of nitriles is 1. The topological polar surface area (TPSA) is 87.1 Å². The highest BCUT2D eigenvalue weighted by Crippen LogP contribution is 2.45. The highest BCUT2D eigenvalue weighted by molar-refractivity contribution is 7.12. The average molecular weight is 222 g/mol. The summed E-state index contributed by atoms with van der Waals surface area (Å²) in [6.07, 6.45) is 0.932. The van der Waals surface area contributed by atoms with E-state index in [0.717, 1.165) is 4.88 Å². The Morgan fingerprint density at radius 3 is 2.73 bits per heavy atom. The van der Waals surface area contributed by atoms with Crippen molar-refractivity contribution in [3.63, 3.8) is 0 Å². The Hall–Kier alpha value is -1.38. The van der Waals surface area contributed by atoms with Crippen LogP contribution in [0, 0.1) is 11.3 Å². The Balaban J connectivity index is 2.35. The number of thiophene rings is 1. The molecule has 3 N–H and O–H groups in total. The molecular formula is C10H10N2O2S. The Morgan fingerprint density at radius 2 is 2.33 bits per heavy atom. The molecule has 1 fully saturated rings. The zero-order valence-electron chi connectivity index (χ0n) is 7.93. The molecule has 0 bridgehead atoms. The van der Waals surface area contributed by atoms with Gasteiger partial charge in [0.1, 0.15) is 16.4 Å². The fourth-order valence-corrected chi connectivity index (χ4v) is 2.98. The van der Waals surface area contributed by atoms with Crippen molar-refractivity contribution in [1.29, 1.82) is 5.26 Å². The van der Waals surface area contributed by atoms with E-state index >= 15 is 0 Å². The van der Waals surface area contributed by atoms with E-state index in [1.807, 2.05) is 6.07 Å². The summed E-state index contributed by atoms with van der Waals surface area (Å²) in [5, 5.41) is 17.9. The number of hydrogen-bond acceptors (Lipinski definition) is 4. The van der Waals surface area contributed by atoms with Gasteiger partial charge in [-0.3, -0.25) is 4.79 Å². The summed E-state index contributed by atoms with van der Waals surface area (Å²) in [6, 6.07) is 5.37. The van der Waals surface area contributed by atoms with E-state index in [9.17, 15) is 9.90 Å². The lowest BCUT2D eigenvalue weighted by Crippen LogP contribution is -2.53. The highest BCUT2D eigenvalue weighted by Gasteiger charge is 2.51. The number of carboxylic acids is 1. The predicted octanol–water partition coefficient (Wildman–Crippen LogP) is 1.06. The van der Waals surface area contributed by atoms with Gasteiger partial charge in [-0.2, -0.15) is 5.26 Å². The molecule has 78 valence electrons. The first-order chi connectivity index (χ1) is 7.08. The SMILES string of the molecule is N#Cc1ccc(C2(C(=O)O)CC(N)C2)s1. The minimum atomic E-state index is -0.837. The summed E-state index contributed by atoms with van der Waals surface area (Å²) in [4.78, 5) is 12.5. The maximum absolute atomic E-state index is 11.2. The van der Waals surface area contributed by atoms with E-state index < -0.39 is 11.4 Å².